The molecule has 112 valence electrons. The summed E-state index contributed by atoms with van der Waals surface area (Å²) in [5.74, 6) is -3.08. The Labute approximate surface area is 123 Å². The first kappa shape index (κ1) is 16.5. The first-order valence-corrected chi connectivity index (χ1v) is 6.69. The van der Waals surface area contributed by atoms with Crippen LogP contribution < -0.4 is 4.90 Å². The van der Waals surface area contributed by atoms with Crippen molar-refractivity contribution >= 4 is 23.5 Å². The lowest BCUT2D eigenvalue weighted by molar-refractivity contribution is -0.135. The maximum Gasteiger partial charge on any atom is 0.371 e. The summed E-state index contributed by atoms with van der Waals surface area (Å²) >= 11 is 0. The molecule has 1 rings (SSSR count). The quantitative estimate of drug-likeness (QED) is 0.596. The number of carboxylic acid groups (broad SMARTS) is 1. The summed E-state index contributed by atoms with van der Waals surface area (Å²) in [5, 5.41) is 17.4. The maximum absolute atomic E-state index is 11.4. The van der Waals surface area contributed by atoms with Gasteiger partial charge in [0.25, 0.3) is 0 Å². The highest BCUT2D eigenvalue weighted by Crippen LogP contribution is 2.15. The van der Waals surface area contributed by atoms with E-state index in [0.717, 1.165) is 24.3 Å². The largest absolute Gasteiger partial charge is 0.502 e. The van der Waals surface area contributed by atoms with Gasteiger partial charge in [0.05, 0.1) is 0 Å². The lowest BCUT2D eigenvalue weighted by Gasteiger charge is -2.20. The molecule has 0 atom stereocenters. The zero-order chi connectivity index (χ0) is 15.8. The smallest absolute Gasteiger partial charge is 0.371 e. The first-order valence-electron chi connectivity index (χ1n) is 6.69. The van der Waals surface area contributed by atoms with Gasteiger partial charge in [-0.2, -0.15) is 0 Å². The van der Waals surface area contributed by atoms with Crippen LogP contribution >= 0.6 is 0 Å². The maximum atomic E-state index is 11.4. The fourth-order valence-corrected chi connectivity index (χ4v) is 1.81. The number of anilines is 1. The van der Waals surface area contributed by atoms with Crippen LogP contribution in [0.2, 0.25) is 0 Å². The van der Waals surface area contributed by atoms with E-state index in [1.807, 2.05) is 24.3 Å². The predicted molar refractivity (Wildman–Crippen MR) is 82.4 cm³/mol. The standard InChI is InChI=1S/C16H19NO4/c1-3-17(4-2)13-8-5-12(6-9-13)7-10-14(18)11-15(19)16(20)21/h5-11,19H,3-4H2,1-2H3,(H,20,21)/b10-7+,15-11+. The number of carboxylic acids is 1. The minimum atomic E-state index is -1.53. The van der Waals surface area contributed by atoms with Crippen molar-refractivity contribution in [3.05, 3.63) is 47.7 Å². The summed E-state index contributed by atoms with van der Waals surface area (Å²) in [6.45, 7) is 6.00. The highest BCUT2D eigenvalue weighted by atomic mass is 16.4. The molecule has 1 aromatic rings. The van der Waals surface area contributed by atoms with Crippen LogP contribution in [0.15, 0.2) is 42.2 Å². The third-order valence-corrected chi connectivity index (χ3v) is 2.96. The molecule has 0 amide bonds. The number of benzene rings is 1. The van der Waals surface area contributed by atoms with Crippen LogP contribution in [0.4, 0.5) is 5.69 Å². The van der Waals surface area contributed by atoms with E-state index in [0.29, 0.717) is 6.08 Å². The predicted octanol–water partition coefficient (Wildman–Crippen LogP) is 2.64. The molecule has 0 aliphatic heterocycles. The van der Waals surface area contributed by atoms with Crippen LogP contribution in [0.25, 0.3) is 6.08 Å². The minimum Gasteiger partial charge on any atom is -0.502 e. The number of aliphatic hydroxyl groups is 1. The van der Waals surface area contributed by atoms with Crippen molar-refractivity contribution in [3.8, 4) is 0 Å². The zero-order valence-corrected chi connectivity index (χ0v) is 12.1. The Morgan fingerprint density at radius 3 is 2.14 bits per heavy atom. The van der Waals surface area contributed by atoms with Crippen LogP contribution in [0.3, 0.4) is 0 Å². The number of allylic oxidation sites excluding steroid dienone is 2. The third-order valence-electron chi connectivity index (χ3n) is 2.96. The average molecular weight is 289 g/mol. The van der Waals surface area contributed by atoms with Crippen molar-refractivity contribution < 1.29 is 19.8 Å². The zero-order valence-electron chi connectivity index (χ0n) is 12.1. The van der Waals surface area contributed by atoms with E-state index in [4.69, 9.17) is 10.2 Å². The van der Waals surface area contributed by atoms with Gasteiger partial charge in [0.2, 0.25) is 5.76 Å². The van der Waals surface area contributed by atoms with E-state index in [1.165, 1.54) is 6.08 Å². The molecule has 0 bridgehead atoms. The Kier molecular flexibility index (Phi) is 6.20. The normalized spacial score (nSPS) is 11.6. The Morgan fingerprint density at radius 2 is 1.67 bits per heavy atom. The number of hydrogen-bond donors (Lipinski definition) is 2. The van der Waals surface area contributed by atoms with Crippen LogP contribution in [-0.2, 0) is 9.59 Å². The number of carbonyl (C=O) groups is 2. The van der Waals surface area contributed by atoms with E-state index in [9.17, 15) is 9.59 Å². The third kappa shape index (κ3) is 5.14. The molecule has 0 fully saturated rings. The van der Waals surface area contributed by atoms with Gasteiger partial charge in [-0.15, -0.1) is 0 Å². The van der Waals surface area contributed by atoms with Gasteiger partial charge in [0.15, 0.2) is 5.78 Å². The number of ketones is 1. The van der Waals surface area contributed by atoms with E-state index < -0.39 is 17.5 Å². The van der Waals surface area contributed by atoms with E-state index in [-0.39, 0.29) is 0 Å². The van der Waals surface area contributed by atoms with Gasteiger partial charge in [-0.3, -0.25) is 4.79 Å². The Balaban J connectivity index is 2.76. The number of aliphatic hydroxyl groups excluding tert-OH is 1. The second-order valence-electron chi connectivity index (χ2n) is 4.33. The molecular weight excluding hydrogens is 270 g/mol. The van der Waals surface area contributed by atoms with Crippen molar-refractivity contribution in [1.82, 2.24) is 0 Å². The summed E-state index contributed by atoms with van der Waals surface area (Å²) in [4.78, 5) is 24.0. The Morgan fingerprint density at radius 1 is 1.10 bits per heavy atom. The molecule has 0 spiro atoms. The van der Waals surface area contributed by atoms with Crippen molar-refractivity contribution in [1.29, 1.82) is 0 Å². The minimum absolute atomic E-state index is 0.581. The molecule has 21 heavy (non-hydrogen) atoms. The molecule has 0 heterocycles. The topological polar surface area (TPSA) is 77.8 Å². The summed E-state index contributed by atoms with van der Waals surface area (Å²) < 4.78 is 0. The molecule has 0 radical (unpaired) electrons. The number of hydrogen-bond acceptors (Lipinski definition) is 4. The van der Waals surface area contributed by atoms with E-state index in [2.05, 4.69) is 18.7 Å². The fourth-order valence-electron chi connectivity index (χ4n) is 1.81. The van der Waals surface area contributed by atoms with Crippen molar-refractivity contribution in [2.45, 2.75) is 13.8 Å². The monoisotopic (exact) mass is 289 g/mol. The van der Waals surface area contributed by atoms with Gasteiger partial charge in [-0.25, -0.2) is 4.79 Å². The number of carbonyl (C=O) groups excluding carboxylic acids is 1. The molecular formula is C16H19NO4. The molecule has 5 heteroatoms. The lowest BCUT2D eigenvalue weighted by atomic mass is 10.1. The van der Waals surface area contributed by atoms with Crippen molar-refractivity contribution in [2.24, 2.45) is 0 Å². The van der Waals surface area contributed by atoms with Gasteiger partial charge in [0.1, 0.15) is 0 Å². The molecule has 2 N–H and O–H groups in total. The highest BCUT2D eigenvalue weighted by molar-refractivity contribution is 6.05. The van der Waals surface area contributed by atoms with Crippen LogP contribution in [0.1, 0.15) is 19.4 Å². The second kappa shape index (κ2) is 7.89. The Bertz CT molecular complexity index is 554. The summed E-state index contributed by atoms with van der Waals surface area (Å²) in [6, 6.07) is 7.67. The van der Waals surface area contributed by atoms with E-state index in [1.54, 1.807) is 6.08 Å². The molecule has 0 unspecified atom stereocenters. The van der Waals surface area contributed by atoms with Gasteiger partial charge in [-0.05, 0) is 37.6 Å². The fraction of sp³-hybridized carbons (Fsp3) is 0.250. The summed E-state index contributed by atoms with van der Waals surface area (Å²) in [7, 11) is 0. The highest BCUT2D eigenvalue weighted by Gasteiger charge is 2.05. The molecule has 0 saturated carbocycles. The molecule has 0 aliphatic rings. The van der Waals surface area contributed by atoms with Gasteiger partial charge >= 0.3 is 5.97 Å². The molecule has 0 aliphatic carbocycles. The van der Waals surface area contributed by atoms with E-state index >= 15 is 0 Å². The van der Waals surface area contributed by atoms with Gasteiger partial charge in [0, 0.05) is 24.9 Å². The van der Waals surface area contributed by atoms with Crippen LogP contribution in [0, 0.1) is 0 Å². The Hall–Kier alpha value is -2.56. The number of nitrogens with zero attached hydrogens (tertiary/aromatic N) is 1. The SMILES string of the molecule is CCN(CC)c1ccc(/C=C/C(=O)/C=C(/O)C(=O)O)cc1. The van der Waals surface area contributed by atoms with Crippen molar-refractivity contribution in [2.75, 3.05) is 18.0 Å². The van der Waals surface area contributed by atoms with Gasteiger partial charge < -0.3 is 15.1 Å². The number of rotatable bonds is 7. The summed E-state index contributed by atoms with van der Waals surface area (Å²) in [5.41, 5.74) is 1.93. The summed E-state index contributed by atoms with van der Waals surface area (Å²) in [6.07, 6.45) is 3.45. The van der Waals surface area contributed by atoms with Crippen LogP contribution in [-0.4, -0.2) is 35.1 Å². The number of aliphatic carboxylic acids is 1. The van der Waals surface area contributed by atoms with Crippen LogP contribution in [0.5, 0.6) is 0 Å². The van der Waals surface area contributed by atoms with Crippen molar-refractivity contribution in [3.63, 3.8) is 0 Å². The first-order chi connectivity index (χ1) is 9.97. The lowest BCUT2D eigenvalue weighted by Crippen LogP contribution is -2.21. The molecule has 5 nitrogen and oxygen atoms in total. The molecule has 1 aromatic carbocycles. The average Bonchev–Trinajstić information content (AvgIpc) is 2.47. The van der Waals surface area contributed by atoms with Gasteiger partial charge in [-0.1, -0.05) is 18.2 Å². The molecule has 0 aromatic heterocycles. The molecule has 0 saturated heterocycles. The second-order valence-corrected chi connectivity index (χ2v) is 4.33.